The number of carbonyl (C=O) groups is 2. The van der Waals surface area contributed by atoms with E-state index < -0.39 is 0 Å². The van der Waals surface area contributed by atoms with Crippen LogP contribution in [0.15, 0.2) is 24.3 Å². The molecule has 23 heavy (non-hydrogen) atoms. The number of carbonyl (C=O) groups excluding carboxylic acids is 2. The van der Waals surface area contributed by atoms with E-state index >= 15 is 0 Å². The quantitative estimate of drug-likeness (QED) is 0.836. The first kappa shape index (κ1) is 17.3. The lowest BCUT2D eigenvalue weighted by atomic mass is 10.0. The molecule has 0 spiro atoms. The summed E-state index contributed by atoms with van der Waals surface area (Å²) in [6, 6.07) is 7.00. The third-order valence-electron chi connectivity index (χ3n) is 3.99. The molecule has 1 aliphatic heterocycles. The van der Waals surface area contributed by atoms with E-state index in [0.717, 1.165) is 25.8 Å². The Morgan fingerprint density at radius 1 is 1.39 bits per heavy atom. The molecular formula is C17H25N3O3. The summed E-state index contributed by atoms with van der Waals surface area (Å²) in [6.45, 7) is 3.33. The van der Waals surface area contributed by atoms with Gasteiger partial charge in [-0.2, -0.15) is 0 Å². The van der Waals surface area contributed by atoms with Crippen molar-refractivity contribution < 1.29 is 14.3 Å². The molecule has 0 saturated carbocycles. The molecule has 0 unspecified atom stereocenters. The van der Waals surface area contributed by atoms with Crippen molar-refractivity contribution in [3.8, 4) is 5.75 Å². The Morgan fingerprint density at radius 3 is 2.87 bits per heavy atom. The van der Waals surface area contributed by atoms with Crippen LogP contribution in [0.25, 0.3) is 0 Å². The zero-order chi connectivity index (χ0) is 16.7. The molecule has 1 atom stereocenters. The van der Waals surface area contributed by atoms with Crippen LogP contribution >= 0.6 is 0 Å². The average Bonchev–Trinajstić information content (AvgIpc) is 2.60. The minimum absolute atomic E-state index is 0.00740. The van der Waals surface area contributed by atoms with Crippen LogP contribution in [-0.2, 0) is 9.59 Å². The van der Waals surface area contributed by atoms with Crippen LogP contribution in [0, 0.1) is 0 Å². The second kappa shape index (κ2) is 8.53. The minimum Gasteiger partial charge on any atom is -0.497 e. The Labute approximate surface area is 137 Å². The number of hydrogen-bond donors (Lipinski definition) is 2. The molecule has 2 N–H and O–H groups in total. The third-order valence-corrected chi connectivity index (χ3v) is 3.99. The van der Waals surface area contributed by atoms with Crippen molar-refractivity contribution in [2.24, 2.45) is 0 Å². The largest absolute Gasteiger partial charge is 0.497 e. The summed E-state index contributed by atoms with van der Waals surface area (Å²) in [6.07, 6.45) is 3.00. The number of methoxy groups -OCH3 is 1. The molecule has 0 aliphatic carbocycles. The third kappa shape index (κ3) is 4.96. The molecule has 1 heterocycles. The van der Waals surface area contributed by atoms with Crippen molar-refractivity contribution in [1.82, 2.24) is 10.2 Å². The van der Waals surface area contributed by atoms with E-state index in [9.17, 15) is 9.59 Å². The summed E-state index contributed by atoms with van der Waals surface area (Å²) < 4.78 is 5.13. The van der Waals surface area contributed by atoms with E-state index in [1.807, 2.05) is 19.1 Å². The van der Waals surface area contributed by atoms with Gasteiger partial charge < -0.3 is 20.3 Å². The fourth-order valence-corrected chi connectivity index (χ4v) is 2.70. The lowest BCUT2D eigenvalue weighted by molar-refractivity contribution is -0.136. The van der Waals surface area contributed by atoms with Crippen molar-refractivity contribution in [3.05, 3.63) is 24.3 Å². The van der Waals surface area contributed by atoms with Gasteiger partial charge in [0.15, 0.2) is 0 Å². The fraction of sp³-hybridized carbons (Fsp3) is 0.529. The molecule has 1 aliphatic rings. The molecular weight excluding hydrogens is 294 g/mol. The van der Waals surface area contributed by atoms with E-state index in [0.29, 0.717) is 18.0 Å². The molecule has 2 amide bonds. The van der Waals surface area contributed by atoms with Crippen molar-refractivity contribution in [2.45, 2.75) is 32.2 Å². The van der Waals surface area contributed by atoms with Crippen LogP contribution < -0.4 is 15.4 Å². The van der Waals surface area contributed by atoms with Crippen molar-refractivity contribution >= 4 is 17.5 Å². The Balaban J connectivity index is 1.92. The molecule has 0 aromatic heterocycles. The first-order valence-corrected chi connectivity index (χ1v) is 8.10. The Morgan fingerprint density at radius 2 is 2.22 bits per heavy atom. The number of anilines is 1. The van der Waals surface area contributed by atoms with Crippen LogP contribution in [0.2, 0.25) is 0 Å². The van der Waals surface area contributed by atoms with Crippen LogP contribution in [-0.4, -0.2) is 49.5 Å². The maximum absolute atomic E-state index is 12.5. The monoisotopic (exact) mass is 319 g/mol. The SMILES string of the molecule is CCN(CC(=O)Nc1cccc(OC)c1)C(=O)[C@H]1CCCCN1. The second-order valence-corrected chi connectivity index (χ2v) is 5.64. The smallest absolute Gasteiger partial charge is 0.243 e. The van der Waals surface area contributed by atoms with Crippen molar-refractivity contribution in [2.75, 3.05) is 32.1 Å². The lowest BCUT2D eigenvalue weighted by Crippen LogP contribution is -2.50. The number of ether oxygens (including phenoxy) is 1. The van der Waals surface area contributed by atoms with Gasteiger partial charge in [0.25, 0.3) is 0 Å². The van der Waals surface area contributed by atoms with E-state index in [-0.39, 0.29) is 24.4 Å². The van der Waals surface area contributed by atoms with E-state index in [1.165, 1.54) is 0 Å². The van der Waals surface area contributed by atoms with Crippen LogP contribution in [0.1, 0.15) is 26.2 Å². The number of likely N-dealkylation sites (N-methyl/N-ethyl adjacent to an activating group) is 1. The lowest BCUT2D eigenvalue weighted by Gasteiger charge is -2.29. The van der Waals surface area contributed by atoms with Gasteiger partial charge >= 0.3 is 0 Å². The Kier molecular flexibility index (Phi) is 6.40. The molecule has 1 aromatic carbocycles. The van der Waals surface area contributed by atoms with Crippen LogP contribution in [0.5, 0.6) is 5.75 Å². The van der Waals surface area contributed by atoms with Crippen molar-refractivity contribution in [1.29, 1.82) is 0 Å². The molecule has 2 rings (SSSR count). The Bertz CT molecular complexity index is 542. The molecule has 126 valence electrons. The van der Waals surface area contributed by atoms with Gasteiger partial charge in [-0.25, -0.2) is 0 Å². The fourth-order valence-electron chi connectivity index (χ4n) is 2.70. The average molecular weight is 319 g/mol. The van der Waals surface area contributed by atoms with Gasteiger partial charge in [-0.1, -0.05) is 12.5 Å². The molecule has 6 nitrogen and oxygen atoms in total. The topological polar surface area (TPSA) is 70.7 Å². The summed E-state index contributed by atoms with van der Waals surface area (Å²) in [5.74, 6) is 0.481. The maximum Gasteiger partial charge on any atom is 0.243 e. The maximum atomic E-state index is 12.5. The van der Waals surface area contributed by atoms with E-state index in [4.69, 9.17) is 4.74 Å². The number of piperidine rings is 1. The number of hydrogen-bond acceptors (Lipinski definition) is 4. The number of benzene rings is 1. The number of nitrogens with one attached hydrogen (secondary N) is 2. The van der Waals surface area contributed by atoms with E-state index in [1.54, 1.807) is 24.1 Å². The highest BCUT2D eigenvalue weighted by molar-refractivity contribution is 5.95. The highest BCUT2D eigenvalue weighted by Gasteiger charge is 2.26. The standard InChI is InChI=1S/C17H25N3O3/c1-3-20(17(22)15-9-4-5-10-18-15)12-16(21)19-13-7-6-8-14(11-13)23-2/h6-8,11,15,18H,3-5,9-10,12H2,1-2H3,(H,19,21)/t15-/m1/s1. The summed E-state index contributed by atoms with van der Waals surface area (Å²) >= 11 is 0. The predicted octanol–water partition coefficient (Wildman–Crippen LogP) is 1.62. The zero-order valence-corrected chi connectivity index (χ0v) is 13.8. The molecule has 1 fully saturated rings. The first-order chi connectivity index (χ1) is 11.1. The number of nitrogens with zero attached hydrogens (tertiary/aromatic N) is 1. The molecule has 0 bridgehead atoms. The van der Waals surface area contributed by atoms with Gasteiger partial charge in [-0.05, 0) is 38.4 Å². The molecule has 6 heteroatoms. The van der Waals surface area contributed by atoms with Crippen LogP contribution in [0.4, 0.5) is 5.69 Å². The highest BCUT2D eigenvalue weighted by atomic mass is 16.5. The molecule has 1 aromatic rings. The minimum atomic E-state index is -0.204. The molecule has 1 saturated heterocycles. The second-order valence-electron chi connectivity index (χ2n) is 5.64. The summed E-state index contributed by atoms with van der Waals surface area (Å²) in [5.41, 5.74) is 0.661. The predicted molar refractivity (Wildman–Crippen MR) is 89.5 cm³/mol. The van der Waals surface area contributed by atoms with Crippen molar-refractivity contribution in [3.63, 3.8) is 0 Å². The summed E-state index contributed by atoms with van der Waals surface area (Å²) in [5, 5.41) is 6.04. The van der Waals surface area contributed by atoms with Gasteiger partial charge in [0.1, 0.15) is 5.75 Å². The summed E-state index contributed by atoms with van der Waals surface area (Å²) in [4.78, 5) is 26.3. The number of rotatable bonds is 6. The zero-order valence-electron chi connectivity index (χ0n) is 13.8. The number of amides is 2. The van der Waals surface area contributed by atoms with Gasteiger partial charge in [0, 0.05) is 18.3 Å². The molecule has 0 radical (unpaired) electrons. The Hall–Kier alpha value is -2.08. The van der Waals surface area contributed by atoms with Gasteiger partial charge in [0.2, 0.25) is 11.8 Å². The van der Waals surface area contributed by atoms with Gasteiger partial charge in [-0.15, -0.1) is 0 Å². The normalized spacial score (nSPS) is 17.4. The van der Waals surface area contributed by atoms with E-state index in [2.05, 4.69) is 10.6 Å². The first-order valence-electron chi connectivity index (χ1n) is 8.10. The van der Waals surface area contributed by atoms with Crippen LogP contribution in [0.3, 0.4) is 0 Å². The highest BCUT2D eigenvalue weighted by Crippen LogP contribution is 2.16. The van der Waals surface area contributed by atoms with Gasteiger partial charge in [-0.3, -0.25) is 9.59 Å². The van der Waals surface area contributed by atoms with Gasteiger partial charge in [0.05, 0.1) is 19.7 Å². The summed E-state index contributed by atoms with van der Waals surface area (Å²) in [7, 11) is 1.58.